The van der Waals surface area contributed by atoms with E-state index in [-0.39, 0.29) is 21.9 Å². The maximum absolute atomic E-state index is 13.8. The lowest BCUT2D eigenvalue weighted by molar-refractivity contribution is 0.612. The highest BCUT2D eigenvalue weighted by molar-refractivity contribution is 6.33. The van der Waals surface area contributed by atoms with Gasteiger partial charge in [0.15, 0.2) is 0 Å². The molecule has 0 saturated carbocycles. The first-order chi connectivity index (χ1) is 8.02. The van der Waals surface area contributed by atoms with Crippen LogP contribution in [0.2, 0.25) is 10.3 Å². The van der Waals surface area contributed by atoms with Crippen LogP contribution >= 0.6 is 23.2 Å². The van der Waals surface area contributed by atoms with Gasteiger partial charge < -0.3 is 0 Å². The van der Waals surface area contributed by atoms with Gasteiger partial charge in [-0.25, -0.2) is 4.39 Å². The van der Waals surface area contributed by atoms with E-state index in [9.17, 15) is 4.39 Å². The van der Waals surface area contributed by atoms with Gasteiger partial charge in [-0.1, -0.05) is 31.5 Å². The fourth-order valence-corrected chi connectivity index (χ4v) is 2.02. The first-order valence-electron chi connectivity index (χ1n) is 5.07. The number of halogens is 3. The molecule has 0 saturated heterocycles. The fourth-order valence-electron chi connectivity index (χ4n) is 1.56. The van der Waals surface area contributed by atoms with Gasteiger partial charge in [0, 0.05) is 5.92 Å². The van der Waals surface area contributed by atoms with Crippen molar-refractivity contribution >= 4 is 23.2 Å². The third kappa shape index (κ3) is 2.15. The largest absolute Gasteiger partial charge is 0.265 e. The molecule has 0 unspecified atom stereocenters. The van der Waals surface area contributed by atoms with Crippen molar-refractivity contribution in [2.75, 3.05) is 0 Å². The van der Waals surface area contributed by atoms with E-state index in [1.54, 1.807) is 6.07 Å². The average Bonchev–Trinajstić information content (AvgIpc) is 2.61. The summed E-state index contributed by atoms with van der Waals surface area (Å²) in [6.45, 7) is 3.84. The molecule has 1 aromatic carbocycles. The minimum Gasteiger partial charge on any atom is -0.265 e. The van der Waals surface area contributed by atoms with Crippen LogP contribution in [0, 0.1) is 5.82 Å². The predicted molar refractivity (Wildman–Crippen MR) is 65.4 cm³/mol. The summed E-state index contributed by atoms with van der Waals surface area (Å²) in [6, 6.07) is 4.45. The zero-order chi connectivity index (χ0) is 12.6. The Morgan fingerprint density at radius 3 is 2.53 bits per heavy atom. The molecule has 0 aliphatic carbocycles. The van der Waals surface area contributed by atoms with Gasteiger partial charge in [0.05, 0.1) is 5.02 Å². The number of benzene rings is 1. The Hall–Kier alpha value is -1.13. The van der Waals surface area contributed by atoms with Gasteiger partial charge in [-0.05, 0) is 23.7 Å². The maximum atomic E-state index is 13.8. The summed E-state index contributed by atoms with van der Waals surface area (Å²) < 4.78 is 15.3. The molecule has 0 aliphatic rings. The Morgan fingerprint density at radius 1 is 1.24 bits per heavy atom. The topological polar surface area (TPSA) is 30.7 Å². The summed E-state index contributed by atoms with van der Waals surface area (Å²) in [7, 11) is 0. The van der Waals surface area contributed by atoms with Crippen LogP contribution in [0.25, 0.3) is 5.69 Å². The smallest absolute Gasteiger partial charge is 0.229 e. The van der Waals surface area contributed by atoms with Crippen molar-refractivity contribution in [3.05, 3.63) is 40.1 Å². The lowest BCUT2D eigenvalue weighted by atomic mass is 10.2. The van der Waals surface area contributed by atoms with E-state index >= 15 is 0 Å². The summed E-state index contributed by atoms with van der Waals surface area (Å²) in [5, 5.41) is 8.05. The highest BCUT2D eigenvalue weighted by Crippen LogP contribution is 2.29. The molecule has 6 heteroatoms. The molecule has 0 aliphatic heterocycles. The van der Waals surface area contributed by atoms with Gasteiger partial charge in [-0.2, -0.15) is 0 Å². The van der Waals surface area contributed by atoms with Crippen LogP contribution in [0.5, 0.6) is 0 Å². The molecule has 1 aromatic heterocycles. The summed E-state index contributed by atoms with van der Waals surface area (Å²) in [4.78, 5) is 0. The van der Waals surface area contributed by atoms with Crippen LogP contribution < -0.4 is 0 Å². The third-order valence-corrected chi connectivity index (χ3v) is 2.88. The molecule has 0 atom stereocenters. The Labute approximate surface area is 108 Å². The van der Waals surface area contributed by atoms with E-state index in [2.05, 4.69) is 10.2 Å². The Kier molecular flexibility index (Phi) is 3.35. The van der Waals surface area contributed by atoms with Crippen molar-refractivity contribution < 1.29 is 4.39 Å². The molecule has 2 aromatic rings. The molecule has 0 fully saturated rings. The zero-order valence-electron chi connectivity index (χ0n) is 9.28. The fraction of sp³-hybridized carbons (Fsp3) is 0.273. The van der Waals surface area contributed by atoms with Crippen molar-refractivity contribution in [1.82, 2.24) is 14.8 Å². The summed E-state index contributed by atoms with van der Waals surface area (Å²) in [5.74, 6) is 0.175. The van der Waals surface area contributed by atoms with Crippen LogP contribution in [-0.2, 0) is 0 Å². The van der Waals surface area contributed by atoms with E-state index in [4.69, 9.17) is 23.2 Å². The van der Waals surface area contributed by atoms with Crippen molar-refractivity contribution in [3.8, 4) is 5.69 Å². The van der Waals surface area contributed by atoms with Crippen LogP contribution in [-0.4, -0.2) is 14.8 Å². The van der Waals surface area contributed by atoms with Crippen molar-refractivity contribution in [3.63, 3.8) is 0 Å². The second-order valence-electron chi connectivity index (χ2n) is 3.89. The number of para-hydroxylation sites is 1. The van der Waals surface area contributed by atoms with E-state index in [1.165, 1.54) is 16.7 Å². The standard InChI is InChI=1S/C11H10Cl2FN3/c1-6(2)10-15-16-11(13)17(10)9-7(12)4-3-5-8(9)14/h3-6H,1-2H3. The van der Waals surface area contributed by atoms with Crippen LogP contribution in [0.3, 0.4) is 0 Å². The monoisotopic (exact) mass is 273 g/mol. The highest BCUT2D eigenvalue weighted by atomic mass is 35.5. The van der Waals surface area contributed by atoms with Crippen LogP contribution in [0.15, 0.2) is 18.2 Å². The summed E-state index contributed by atoms with van der Waals surface area (Å²) in [5.41, 5.74) is 0.188. The van der Waals surface area contributed by atoms with E-state index in [0.29, 0.717) is 5.82 Å². The predicted octanol–water partition coefficient (Wildman–Crippen LogP) is 3.84. The molecule has 0 N–H and O–H groups in total. The molecule has 1 heterocycles. The van der Waals surface area contributed by atoms with Gasteiger partial charge in [0.1, 0.15) is 17.3 Å². The molecule has 0 bridgehead atoms. The second kappa shape index (κ2) is 4.63. The van der Waals surface area contributed by atoms with E-state index in [1.807, 2.05) is 13.8 Å². The summed E-state index contributed by atoms with van der Waals surface area (Å²) >= 11 is 11.9. The number of rotatable bonds is 2. The normalized spacial score (nSPS) is 11.2. The average molecular weight is 274 g/mol. The number of hydrogen-bond acceptors (Lipinski definition) is 2. The molecule has 2 rings (SSSR count). The minimum atomic E-state index is -0.457. The molecule has 0 radical (unpaired) electrons. The van der Waals surface area contributed by atoms with Crippen LogP contribution in [0.4, 0.5) is 4.39 Å². The Bertz CT molecular complexity index is 531. The number of hydrogen-bond donors (Lipinski definition) is 0. The molecule has 17 heavy (non-hydrogen) atoms. The molecule has 0 amide bonds. The van der Waals surface area contributed by atoms with Crippen molar-refractivity contribution in [2.45, 2.75) is 19.8 Å². The maximum Gasteiger partial charge on any atom is 0.229 e. The minimum absolute atomic E-state index is 0.0608. The van der Waals surface area contributed by atoms with E-state index in [0.717, 1.165) is 0 Å². The summed E-state index contributed by atoms with van der Waals surface area (Å²) in [6.07, 6.45) is 0. The van der Waals surface area contributed by atoms with Crippen molar-refractivity contribution in [2.24, 2.45) is 0 Å². The van der Waals surface area contributed by atoms with Gasteiger partial charge in [0.2, 0.25) is 5.28 Å². The van der Waals surface area contributed by atoms with Crippen molar-refractivity contribution in [1.29, 1.82) is 0 Å². The first-order valence-corrected chi connectivity index (χ1v) is 5.83. The van der Waals surface area contributed by atoms with Gasteiger partial charge >= 0.3 is 0 Å². The van der Waals surface area contributed by atoms with Gasteiger partial charge in [-0.15, -0.1) is 10.2 Å². The van der Waals surface area contributed by atoms with E-state index < -0.39 is 5.82 Å². The molecular weight excluding hydrogens is 264 g/mol. The first kappa shape index (κ1) is 12.3. The third-order valence-electron chi connectivity index (χ3n) is 2.33. The Morgan fingerprint density at radius 2 is 1.94 bits per heavy atom. The molecular formula is C11H10Cl2FN3. The second-order valence-corrected chi connectivity index (χ2v) is 4.63. The highest BCUT2D eigenvalue weighted by Gasteiger charge is 2.19. The quantitative estimate of drug-likeness (QED) is 0.833. The van der Waals surface area contributed by atoms with Gasteiger partial charge in [-0.3, -0.25) is 4.57 Å². The lowest BCUT2D eigenvalue weighted by Gasteiger charge is -2.12. The Balaban J connectivity index is 2.72. The number of aromatic nitrogens is 3. The molecule has 90 valence electrons. The molecule has 3 nitrogen and oxygen atoms in total. The zero-order valence-corrected chi connectivity index (χ0v) is 10.8. The lowest BCUT2D eigenvalue weighted by Crippen LogP contribution is -2.06. The SMILES string of the molecule is CC(C)c1nnc(Cl)n1-c1c(F)cccc1Cl. The van der Waals surface area contributed by atoms with Gasteiger partial charge in [0.25, 0.3) is 0 Å². The molecule has 0 spiro atoms. The number of nitrogens with zero attached hydrogens (tertiary/aromatic N) is 3. The van der Waals surface area contributed by atoms with Crippen LogP contribution in [0.1, 0.15) is 25.6 Å².